The molecule has 0 aromatic heterocycles. The van der Waals surface area contributed by atoms with Crippen LogP contribution in [0.1, 0.15) is 13.3 Å². The molecule has 0 aromatic rings. The quantitative estimate of drug-likeness (QED) is 0.401. The molecule has 1 saturated carbocycles. The van der Waals surface area contributed by atoms with Gasteiger partial charge in [-0.25, -0.2) is 0 Å². The van der Waals surface area contributed by atoms with E-state index in [4.69, 9.17) is 5.11 Å². The summed E-state index contributed by atoms with van der Waals surface area (Å²) in [6.07, 6.45) is -2.44. The molecule has 1 aliphatic carbocycles. The Morgan fingerprint density at radius 1 is 1.08 bits per heavy atom. The first kappa shape index (κ1) is 9.92. The number of hydrogen-bond acceptors (Lipinski definition) is 4. The molecule has 2 unspecified atom stereocenters. The van der Waals surface area contributed by atoms with E-state index in [0.717, 1.165) is 0 Å². The fraction of sp³-hybridized carbons (Fsp3) is 1.00. The molecule has 1 fully saturated rings. The van der Waals surface area contributed by atoms with E-state index in [1.807, 2.05) is 0 Å². The topological polar surface area (TPSA) is 80.9 Å². The van der Waals surface area contributed by atoms with Gasteiger partial charge in [-0.2, -0.15) is 0 Å². The summed E-state index contributed by atoms with van der Waals surface area (Å²) in [7, 11) is 0. The van der Waals surface area contributed by atoms with E-state index in [9.17, 15) is 15.3 Å². The van der Waals surface area contributed by atoms with Crippen LogP contribution >= 0.6 is 0 Å². The Hall–Kier alpha value is -0.160. The highest BCUT2D eigenvalue weighted by Gasteiger charge is 2.40. The highest BCUT2D eigenvalue weighted by Crippen LogP contribution is 2.29. The summed E-state index contributed by atoms with van der Waals surface area (Å²) in [6, 6.07) is 0. The average molecular weight is 176 g/mol. The van der Waals surface area contributed by atoms with E-state index in [1.54, 1.807) is 6.92 Å². The van der Waals surface area contributed by atoms with Crippen molar-refractivity contribution < 1.29 is 20.4 Å². The van der Waals surface area contributed by atoms with Crippen LogP contribution in [-0.2, 0) is 0 Å². The lowest BCUT2D eigenvalue weighted by Gasteiger charge is -2.38. The molecular formula is C8H16O4. The highest BCUT2D eigenvalue weighted by atomic mass is 16.4. The average Bonchev–Trinajstić information content (AvgIpc) is 2.08. The zero-order chi connectivity index (χ0) is 9.30. The fourth-order valence-electron chi connectivity index (χ4n) is 1.76. The Bertz CT molecular complexity index is 145. The van der Waals surface area contributed by atoms with Crippen molar-refractivity contribution >= 4 is 0 Å². The molecule has 0 amide bonds. The van der Waals surface area contributed by atoms with E-state index >= 15 is 0 Å². The molecule has 0 aliphatic heterocycles. The summed E-state index contributed by atoms with van der Waals surface area (Å²) in [5.41, 5.74) is 0. The smallest absolute Gasteiger partial charge is 0.106 e. The van der Waals surface area contributed by atoms with E-state index in [2.05, 4.69) is 0 Å². The maximum Gasteiger partial charge on any atom is 0.106 e. The van der Waals surface area contributed by atoms with Crippen molar-refractivity contribution in [2.75, 3.05) is 6.61 Å². The van der Waals surface area contributed by atoms with Crippen LogP contribution in [0.4, 0.5) is 0 Å². The van der Waals surface area contributed by atoms with Crippen LogP contribution in [0.3, 0.4) is 0 Å². The number of aliphatic hydroxyl groups is 4. The van der Waals surface area contributed by atoms with Crippen LogP contribution in [0.5, 0.6) is 0 Å². The van der Waals surface area contributed by atoms with Gasteiger partial charge in [0.2, 0.25) is 0 Å². The van der Waals surface area contributed by atoms with Crippen molar-refractivity contribution in [3.8, 4) is 0 Å². The molecule has 0 bridgehead atoms. The van der Waals surface area contributed by atoms with Gasteiger partial charge in [0.05, 0.1) is 12.2 Å². The molecule has 0 aromatic carbocycles. The van der Waals surface area contributed by atoms with E-state index in [-0.39, 0.29) is 18.4 Å². The van der Waals surface area contributed by atoms with E-state index < -0.39 is 18.3 Å². The highest BCUT2D eigenvalue weighted by molar-refractivity contribution is 4.90. The largest absolute Gasteiger partial charge is 0.396 e. The van der Waals surface area contributed by atoms with E-state index in [1.165, 1.54) is 0 Å². The van der Waals surface area contributed by atoms with Gasteiger partial charge >= 0.3 is 0 Å². The van der Waals surface area contributed by atoms with Crippen LogP contribution in [0.15, 0.2) is 0 Å². The molecule has 0 saturated heterocycles. The Morgan fingerprint density at radius 2 is 1.67 bits per heavy atom. The maximum absolute atomic E-state index is 9.36. The molecule has 4 nitrogen and oxygen atoms in total. The van der Waals surface area contributed by atoms with Crippen LogP contribution < -0.4 is 0 Å². The molecule has 4 heteroatoms. The minimum atomic E-state index is -1.12. The first-order valence-electron chi connectivity index (χ1n) is 4.23. The second kappa shape index (κ2) is 3.70. The van der Waals surface area contributed by atoms with Crippen LogP contribution in [-0.4, -0.2) is 45.3 Å². The van der Waals surface area contributed by atoms with E-state index in [0.29, 0.717) is 6.42 Å². The molecule has 0 spiro atoms. The van der Waals surface area contributed by atoms with Gasteiger partial charge in [-0.05, 0) is 12.3 Å². The first-order valence-corrected chi connectivity index (χ1v) is 4.23. The lowest BCUT2D eigenvalue weighted by atomic mass is 9.77. The van der Waals surface area contributed by atoms with Gasteiger partial charge in [-0.1, -0.05) is 6.92 Å². The van der Waals surface area contributed by atoms with Crippen molar-refractivity contribution in [2.45, 2.75) is 31.7 Å². The standard InChI is InChI=1S/C8H16O4/c1-4-2-5(3-9)7(11)8(12)6(4)10/h4-12H,2-3H2,1H3/t4-,5?,6?,7-,8+/m1/s1. The maximum atomic E-state index is 9.36. The fourth-order valence-corrected chi connectivity index (χ4v) is 1.76. The number of rotatable bonds is 1. The second-order valence-electron chi connectivity index (χ2n) is 3.63. The summed E-state index contributed by atoms with van der Waals surface area (Å²) in [4.78, 5) is 0. The normalized spacial score (nSPS) is 49.2. The lowest BCUT2D eigenvalue weighted by molar-refractivity contribution is -0.138. The van der Waals surface area contributed by atoms with Crippen molar-refractivity contribution in [1.82, 2.24) is 0 Å². The molecule has 72 valence electrons. The molecular weight excluding hydrogens is 160 g/mol. The van der Waals surface area contributed by atoms with Crippen molar-refractivity contribution in [3.63, 3.8) is 0 Å². The van der Waals surface area contributed by atoms with Gasteiger partial charge < -0.3 is 20.4 Å². The Balaban J connectivity index is 2.63. The zero-order valence-electron chi connectivity index (χ0n) is 7.09. The zero-order valence-corrected chi connectivity index (χ0v) is 7.09. The molecule has 0 heterocycles. The first-order chi connectivity index (χ1) is 5.57. The predicted octanol–water partition coefficient (Wildman–Crippen LogP) is -1.28. The van der Waals surface area contributed by atoms with Gasteiger partial charge in [-0.3, -0.25) is 0 Å². The summed E-state index contributed by atoms with van der Waals surface area (Å²) >= 11 is 0. The van der Waals surface area contributed by atoms with Gasteiger partial charge in [0.25, 0.3) is 0 Å². The molecule has 12 heavy (non-hydrogen) atoms. The number of hydrogen-bond donors (Lipinski definition) is 4. The molecule has 1 rings (SSSR count). The third kappa shape index (κ3) is 1.61. The summed E-state index contributed by atoms with van der Waals surface area (Å²) in [6.45, 7) is 1.65. The third-order valence-corrected chi connectivity index (χ3v) is 2.67. The van der Waals surface area contributed by atoms with Crippen molar-refractivity contribution in [3.05, 3.63) is 0 Å². The SMILES string of the molecule is C[C@@H]1CC(CO)[C@@H](O)[C@@H](O)C1O. The van der Waals surface area contributed by atoms with Crippen molar-refractivity contribution in [2.24, 2.45) is 11.8 Å². The summed E-state index contributed by atoms with van der Waals surface area (Å²) in [5.74, 6) is -0.376. The molecule has 1 aliphatic rings. The molecule has 5 atom stereocenters. The minimum Gasteiger partial charge on any atom is -0.396 e. The van der Waals surface area contributed by atoms with Crippen LogP contribution in [0.2, 0.25) is 0 Å². The molecule has 0 radical (unpaired) electrons. The predicted molar refractivity (Wildman–Crippen MR) is 42.4 cm³/mol. The monoisotopic (exact) mass is 176 g/mol. The third-order valence-electron chi connectivity index (χ3n) is 2.67. The van der Waals surface area contributed by atoms with Crippen LogP contribution in [0.25, 0.3) is 0 Å². The summed E-state index contributed by atoms with van der Waals surface area (Å²) < 4.78 is 0. The Kier molecular flexibility index (Phi) is 3.06. The number of aliphatic hydroxyl groups excluding tert-OH is 4. The van der Waals surface area contributed by atoms with Gasteiger partial charge in [0.15, 0.2) is 0 Å². The minimum absolute atomic E-state index is 0.0689. The van der Waals surface area contributed by atoms with Gasteiger partial charge in [-0.15, -0.1) is 0 Å². The van der Waals surface area contributed by atoms with Crippen molar-refractivity contribution in [1.29, 1.82) is 0 Å². The van der Waals surface area contributed by atoms with Gasteiger partial charge in [0, 0.05) is 12.5 Å². The lowest BCUT2D eigenvalue weighted by Crippen LogP contribution is -2.51. The Morgan fingerprint density at radius 3 is 2.17 bits per heavy atom. The Labute approximate surface area is 71.5 Å². The van der Waals surface area contributed by atoms with Crippen LogP contribution in [0, 0.1) is 11.8 Å². The second-order valence-corrected chi connectivity index (χ2v) is 3.63. The summed E-state index contributed by atoms with van der Waals surface area (Å²) in [5, 5.41) is 36.8. The molecule has 4 N–H and O–H groups in total. The van der Waals surface area contributed by atoms with Gasteiger partial charge in [0.1, 0.15) is 6.10 Å².